The van der Waals surface area contributed by atoms with E-state index in [0.717, 1.165) is 63.6 Å². The van der Waals surface area contributed by atoms with Crippen LogP contribution in [-0.2, 0) is 17.8 Å². The normalized spacial score (nSPS) is 16.2. The smallest absolute Gasteiger partial charge is 0.222 e. The summed E-state index contributed by atoms with van der Waals surface area (Å²) >= 11 is 0. The third-order valence-corrected chi connectivity index (χ3v) is 4.76. The number of aliphatic imine (C=N–C) groups is 1. The predicted molar refractivity (Wildman–Crippen MR) is 103 cm³/mol. The molecule has 1 aromatic heterocycles. The van der Waals surface area contributed by atoms with Crippen LogP contribution >= 0.6 is 0 Å². The van der Waals surface area contributed by atoms with Crippen molar-refractivity contribution in [2.45, 2.75) is 65.5 Å². The van der Waals surface area contributed by atoms with Gasteiger partial charge in [0, 0.05) is 51.6 Å². The van der Waals surface area contributed by atoms with Gasteiger partial charge in [-0.3, -0.25) is 9.79 Å². The van der Waals surface area contributed by atoms with Gasteiger partial charge in [0.05, 0.1) is 0 Å². The molecule has 2 heterocycles. The van der Waals surface area contributed by atoms with Crippen molar-refractivity contribution in [3.05, 3.63) is 12.2 Å². The zero-order valence-electron chi connectivity index (χ0n) is 16.4. The Bertz CT molecular complexity index is 584. The first-order valence-corrected chi connectivity index (χ1v) is 9.87. The topological polar surface area (TPSA) is 87.4 Å². The molecule has 2 N–H and O–H groups in total. The Morgan fingerprint density at radius 2 is 2.19 bits per heavy atom. The molecule has 146 valence electrons. The molecule has 8 nitrogen and oxygen atoms in total. The molecule has 1 aliphatic heterocycles. The van der Waals surface area contributed by atoms with E-state index in [1.165, 1.54) is 0 Å². The molecule has 8 heteroatoms. The van der Waals surface area contributed by atoms with Crippen molar-refractivity contribution in [3.8, 4) is 0 Å². The monoisotopic (exact) mass is 363 g/mol. The van der Waals surface area contributed by atoms with Gasteiger partial charge < -0.3 is 20.1 Å². The van der Waals surface area contributed by atoms with Crippen LogP contribution in [0, 0.1) is 0 Å². The Balaban J connectivity index is 1.80. The van der Waals surface area contributed by atoms with E-state index in [9.17, 15) is 4.79 Å². The van der Waals surface area contributed by atoms with Crippen LogP contribution in [0.2, 0.25) is 0 Å². The summed E-state index contributed by atoms with van der Waals surface area (Å²) in [6, 6.07) is 0.306. The molecule has 1 amide bonds. The first kappa shape index (κ1) is 20.2. The third-order valence-electron chi connectivity index (χ3n) is 4.76. The highest BCUT2D eigenvalue weighted by molar-refractivity contribution is 5.79. The van der Waals surface area contributed by atoms with Crippen molar-refractivity contribution in [3.63, 3.8) is 0 Å². The number of likely N-dealkylation sites (tertiary alicyclic amines) is 1. The molecule has 1 fully saturated rings. The zero-order chi connectivity index (χ0) is 18.8. The predicted octanol–water partition coefficient (Wildman–Crippen LogP) is 1.19. The van der Waals surface area contributed by atoms with Crippen molar-refractivity contribution in [1.29, 1.82) is 0 Å². The van der Waals surface area contributed by atoms with Gasteiger partial charge in [-0.15, -0.1) is 10.2 Å². The van der Waals surface area contributed by atoms with Gasteiger partial charge in [-0.25, -0.2) is 0 Å². The zero-order valence-corrected chi connectivity index (χ0v) is 16.4. The quantitative estimate of drug-likeness (QED) is 0.482. The number of amides is 1. The summed E-state index contributed by atoms with van der Waals surface area (Å²) in [7, 11) is 0. The minimum absolute atomic E-state index is 0.298. The van der Waals surface area contributed by atoms with Crippen molar-refractivity contribution in [2.75, 3.05) is 26.2 Å². The Morgan fingerprint density at radius 3 is 2.85 bits per heavy atom. The second kappa shape index (κ2) is 10.8. The van der Waals surface area contributed by atoms with Crippen molar-refractivity contribution < 1.29 is 4.79 Å². The van der Waals surface area contributed by atoms with Gasteiger partial charge in [-0.1, -0.05) is 13.8 Å². The number of hydrogen-bond donors (Lipinski definition) is 2. The summed E-state index contributed by atoms with van der Waals surface area (Å²) in [5.41, 5.74) is 0. The lowest BCUT2D eigenvalue weighted by molar-refractivity contribution is -0.129. The van der Waals surface area contributed by atoms with Crippen LogP contribution in [0.3, 0.4) is 0 Å². The average Bonchev–Trinajstić information content (AvgIpc) is 3.27. The summed E-state index contributed by atoms with van der Waals surface area (Å²) in [5, 5.41) is 14.7. The summed E-state index contributed by atoms with van der Waals surface area (Å²) in [5.74, 6) is 2.11. The van der Waals surface area contributed by atoms with Crippen LogP contribution in [0.4, 0.5) is 0 Å². The summed E-state index contributed by atoms with van der Waals surface area (Å²) in [6.07, 6.45) is 6.23. The number of hydrogen-bond acceptors (Lipinski definition) is 4. The van der Waals surface area contributed by atoms with Gasteiger partial charge in [0.15, 0.2) is 5.96 Å². The molecular formula is C18H33N7O. The number of guanidine groups is 1. The van der Waals surface area contributed by atoms with Crippen LogP contribution < -0.4 is 10.6 Å². The minimum Gasteiger partial charge on any atom is -0.357 e. The first-order valence-electron chi connectivity index (χ1n) is 9.87. The number of aromatic nitrogens is 3. The van der Waals surface area contributed by atoms with Gasteiger partial charge >= 0.3 is 0 Å². The second-order valence-electron chi connectivity index (χ2n) is 6.52. The van der Waals surface area contributed by atoms with Crippen molar-refractivity contribution in [2.24, 2.45) is 4.99 Å². The maximum atomic E-state index is 11.9. The molecule has 1 unspecified atom stereocenters. The average molecular weight is 364 g/mol. The second-order valence-corrected chi connectivity index (χ2v) is 6.52. The molecular weight excluding hydrogens is 330 g/mol. The van der Waals surface area contributed by atoms with E-state index in [-0.39, 0.29) is 0 Å². The van der Waals surface area contributed by atoms with Gasteiger partial charge in [0.2, 0.25) is 5.91 Å². The lowest BCUT2D eigenvalue weighted by atomic mass is 10.1. The summed E-state index contributed by atoms with van der Waals surface area (Å²) in [4.78, 5) is 18.6. The molecule has 0 radical (unpaired) electrons. The highest BCUT2D eigenvalue weighted by Gasteiger charge is 2.26. The Hall–Kier alpha value is -2.12. The number of carbonyl (C=O) groups excluding carboxylic acids is 1. The van der Waals surface area contributed by atoms with Gasteiger partial charge in [-0.2, -0.15) is 0 Å². The van der Waals surface area contributed by atoms with Gasteiger partial charge in [0.1, 0.15) is 12.2 Å². The fourth-order valence-corrected chi connectivity index (χ4v) is 3.34. The van der Waals surface area contributed by atoms with E-state index in [1.54, 1.807) is 6.33 Å². The molecule has 0 bridgehead atoms. The minimum atomic E-state index is 0.298. The molecule has 2 rings (SSSR count). The molecule has 1 saturated heterocycles. The maximum Gasteiger partial charge on any atom is 0.222 e. The molecule has 1 aliphatic rings. The van der Waals surface area contributed by atoms with E-state index in [0.29, 0.717) is 24.9 Å². The van der Waals surface area contributed by atoms with E-state index >= 15 is 0 Å². The van der Waals surface area contributed by atoms with Gasteiger partial charge in [-0.05, 0) is 26.2 Å². The fourth-order valence-electron chi connectivity index (χ4n) is 3.34. The molecule has 1 aromatic rings. The summed E-state index contributed by atoms with van der Waals surface area (Å²) < 4.78 is 2.06. The van der Waals surface area contributed by atoms with E-state index in [4.69, 9.17) is 0 Å². The number of carbonyl (C=O) groups is 1. The molecule has 0 aromatic carbocycles. The van der Waals surface area contributed by atoms with Crippen LogP contribution in [-0.4, -0.2) is 63.8 Å². The van der Waals surface area contributed by atoms with Crippen molar-refractivity contribution in [1.82, 2.24) is 30.3 Å². The van der Waals surface area contributed by atoms with Crippen LogP contribution in [0.15, 0.2) is 11.3 Å². The summed E-state index contributed by atoms with van der Waals surface area (Å²) in [6.45, 7) is 10.3. The Kier molecular flexibility index (Phi) is 8.37. The first-order chi connectivity index (χ1) is 12.7. The van der Waals surface area contributed by atoms with E-state index in [1.807, 2.05) is 4.90 Å². The number of aryl methyl sites for hydroxylation is 1. The standard InChI is InChI=1S/C18H33N7O/c1-4-15(25-12-7-8-17(25)26)9-10-20-18(19-6-3)21-11-13-24-14-22-23-16(24)5-2/h14-15H,4-13H2,1-3H3,(H2,19,20,21). The lowest BCUT2D eigenvalue weighted by Gasteiger charge is -2.26. The SMILES string of the molecule is CCNC(=NCCC(CC)N1CCCC1=O)NCCn1cnnc1CC. The molecule has 26 heavy (non-hydrogen) atoms. The largest absolute Gasteiger partial charge is 0.357 e. The third kappa shape index (κ3) is 5.71. The number of nitrogens with one attached hydrogen (secondary N) is 2. The van der Waals surface area contributed by atoms with E-state index in [2.05, 4.69) is 51.2 Å². The molecule has 0 saturated carbocycles. The molecule has 0 aliphatic carbocycles. The molecule has 0 spiro atoms. The maximum absolute atomic E-state index is 11.9. The number of rotatable bonds is 10. The van der Waals surface area contributed by atoms with Gasteiger partial charge in [0.25, 0.3) is 0 Å². The Morgan fingerprint density at radius 1 is 1.35 bits per heavy atom. The van der Waals surface area contributed by atoms with Crippen molar-refractivity contribution >= 4 is 11.9 Å². The highest BCUT2D eigenvalue weighted by Crippen LogP contribution is 2.17. The van der Waals surface area contributed by atoms with Crippen LogP contribution in [0.25, 0.3) is 0 Å². The molecule has 1 atom stereocenters. The van der Waals surface area contributed by atoms with Crippen LogP contribution in [0.5, 0.6) is 0 Å². The lowest BCUT2D eigenvalue weighted by Crippen LogP contribution is -2.40. The Labute approximate surface area is 156 Å². The van der Waals surface area contributed by atoms with Crippen LogP contribution in [0.1, 0.15) is 52.3 Å². The number of nitrogens with zero attached hydrogens (tertiary/aromatic N) is 5. The fraction of sp³-hybridized carbons (Fsp3) is 0.778. The highest BCUT2D eigenvalue weighted by atomic mass is 16.2. The van der Waals surface area contributed by atoms with E-state index < -0.39 is 0 Å².